The van der Waals surface area contributed by atoms with Gasteiger partial charge in [-0.3, -0.25) is 4.79 Å². The maximum atomic E-state index is 11.8. The standard InChI is InChI=1S/C13H17N3O/c1-3-12(15)13(17)16(2)9-11-6-4-10(8-14)5-7-11/h4-7,12H,3,9,15H2,1-2H3/t12-/m0/s1. The zero-order chi connectivity index (χ0) is 12.8. The summed E-state index contributed by atoms with van der Waals surface area (Å²) in [5.41, 5.74) is 7.29. The molecule has 0 aliphatic rings. The van der Waals surface area contributed by atoms with Crippen LogP contribution in [0.5, 0.6) is 0 Å². The number of nitriles is 1. The third-order valence-corrected chi connectivity index (χ3v) is 2.64. The zero-order valence-corrected chi connectivity index (χ0v) is 10.2. The molecule has 4 heteroatoms. The maximum Gasteiger partial charge on any atom is 0.239 e. The largest absolute Gasteiger partial charge is 0.340 e. The molecular weight excluding hydrogens is 214 g/mol. The molecule has 0 bridgehead atoms. The van der Waals surface area contributed by atoms with Gasteiger partial charge in [0.25, 0.3) is 0 Å². The maximum absolute atomic E-state index is 11.8. The molecule has 1 amide bonds. The fraction of sp³-hybridized carbons (Fsp3) is 0.385. The molecular formula is C13H17N3O. The first-order valence-corrected chi connectivity index (χ1v) is 5.58. The van der Waals surface area contributed by atoms with Crippen LogP contribution >= 0.6 is 0 Å². The molecule has 0 aromatic heterocycles. The smallest absolute Gasteiger partial charge is 0.239 e. The Balaban J connectivity index is 2.65. The van der Waals surface area contributed by atoms with E-state index in [9.17, 15) is 4.79 Å². The van der Waals surface area contributed by atoms with Crippen LogP contribution in [0.4, 0.5) is 0 Å². The topological polar surface area (TPSA) is 70.1 Å². The van der Waals surface area contributed by atoms with E-state index < -0.39 is 6.04 Å². The summed E-state index contributed by atoms with van der Waals surface area (Å²) < 4.78 is 0. The van der Waals surface area contributed by atoms with E-state index in [-0.39, 0.29) is 5.91 Å². The van der Waals surface area contributed by atoms with Gasteiger partial charge in [-0.15, -0.1) is 0 Å². The van der Waals surface area contributed by atoms with Gasteiger partial charge in [0, 0.05) is 13.6 Å². The lowest BCUT2D eigenvalue weighted by Crippen LogP contribution is -2.40. The van der Waals surface area contributed by atoms with Crippen LogP contribution in [0.25, 0.3) is 0 Å². The van der Waals surface area contributed by atoms with Gasteiger partial charge in [-0.1, -0.05) is 19.1 Å². The zero-order valence-electron chi connectivity index (χ0n) is 10.2. The second-order valence-corrected chi connectivity index (χ2v) is 4.02. The lowest BCUT2D eigenvalue weighted by Gasteiger charge is -2.20. The van der Waals surface area contributed by atoms with E-state index >= 15 is 0 Å². The molecule has 0 radical (unpaired) electrons. The third kappa shape index (κ3) is 3.58. The van der Waals surface area contributed by atoms with Gasteiger partial charge in [-0.05, 0) is 24.1 Å². The van der Waals surface area contributed by atoms with Gasteiger partial charge in [0.1, 0.15) is 0 Å². The Kier molecular flexibility index (Phi) is 4.68. The van der Waals surface area contributed by atoms with Crippen LogP contribution in [0.15, 0.2) is 24.3 Å². The van der Waals surface area contributed by atoms with Crippen molar-refractivity contribution in [1.82, 2.24) is 4.90 Å². The fourth-order valence-corrected chi connectivity index (χ4v) is 1.49. The molecule has 2 N–H and O–H groups in total. The molecule has 0 saturated heterocycles. The Labute approximate surface area is 102 Å². The molecule has 0 heterocycles. The first-order chi connectivity index (χ1) is 8.08. The SMILES string of the molecule is CC[C@H](N)C(=O)N(C)Cc1ccc(C#N)cc1. The molecule has 0 fully saturated rings. The fourth-order valence-electron chi connectivity index (χ4n) is 1.49. The molecule has 0 spiro atoms. The van der Waals surface area contributed by atoms with Crippen LogP contribution in [0.2, 0.25) is 0 Å². The molecule has 1 rings (SSSR count). The Morgan fingerprint density at radius 2 is 2.06 bits per heavy atom. The molecule has 1 aromatic rings. The predicted molar refractivity (Wildman–Crippen MR) is 65.9 cm³/mol. The number of nitrogens with two attached hydrogens (primary N) is 1. The van der Waals surface area contributed by atoms with Gasteiger partial charge < -0.3 is 10.6 Å². The summed E-state index contributed by atoms with van der Waals surface area (Å²) in [6.07, 6.45) is 0.635. The van der Waals surface area contributed by atoms with Crippen LogP contribution in [-0.2, 0) is 11.3 Å². The third-order valence-electron chi connectivity index (χ3n) is 2.64. The molecule has 17 heavy (non-hydrogen) atoms. The normalized spacial score (nSPS) is 11.6. The van der Waals surface area contributed by atoms with Gasteiger partial charge >= 0.3 is 0 Å². The highest BCUT2D eigenvalue weighted by molar-refractivity contribution is 5.81. The van der Waals surface area contributed by atoms with Crippen molar-refractivity contribution in [3.8, 4) is 6.07 Å². The summed E-state index contributed by atoms with van der Waals surface area (Å²) in [7, 11) is 1.73. The van der Waals surface area contributed by atoms with E-state index in [1.807, 2.05) is 19.1 Å². The minimum atomic E-state index is -0.432. The van der Waals surface area contributed by atoms with Gasteiger partial charge in [0.05, 0.1) is 17.7 Å². The second-order valence-electron chi connectivity index (χ2n) is 4.02. The predicted octanol–water partition coefficient (Wildman–Crippen LogP) is 1.25. The summed E-state index contributed by atoms with van der Waals surface area (Å²) >= 11 is 0. The highest BCUT2D eigenvalue weighted by Gasteiger charge is 2.15. The van der Waals surface area contributed by atoms with Crippen molar-refractivity contribution in [2.24, 2.45) is 5.73 Å². The van der Waals surface area contributed by atoms with Gasteiger partial charge in [0.15, 0.2) is 0 Å². The summed E-state index contributed by atoms with van der Waals surface area (Å²) in [6, 6.07) is 8.81. The average Bonchev–Trinajstić information content (AvgIpc) is 2.37. The number of rotatable bonds is 4. The van der Waals surface area contributed by atoms with Crippen LogP contribution in [0.1, 0.15) is 24.5 Å². The number of amides is 1. The van der Waals surface area contributed by atoms with E-state index in [0.717, 1.165) is 5.56 Å². The van der Waals surface area contributed by atoms with E-state index in [1.54, 1.807) is 24.1 Å². The molecule has 0 aliphatic heterocycles. The number of hydrogen-bond acceptors (Lipinski definition) is 3. The van der Waals surface area contributed by atoms with E-state index in [2.05, 4.69) is 6.07 Å². The van der Waals surface area contributed by atoms with Gasteiger partial charge in [-0.2, -0.15) is 5.26 Å². The van der Waals surface area contributed by atoms with E-state index in [1.165, 1.54) is 0 Å². The average molecular weight is 231 g/mol. The van der Waals surface area contributed by atoms with Gasteiger partial charge in [-0.25, -0.2) is 0 Å². The first kappa shape index (κ1) is 13.2. The Morgan fingerprint density at radius 3 is 2.53 bits per heavy atom. The summed E-state index contributed by atoms with van der Waals surface area (Å²) in [6.45, 7) is 2.40. The van der Waals surface area contributed by atoms with Crippen LogP contribution in [-0.4, -0.2) is 23.9 Å². The van der Waals surface area contributed by atoms with Crippen molar-refractivity contribution in [1.29, 1.82) is 5.26 Å². The monoisotopic (exact) mass is 231 g/mol. The molecule has 0 unspecified atom stereocenters. The Hall–Kier alpha value is -1.86. The highest BCUT2D eigenvalue weighted by atomic mass is 16.2. The number of carbonyl (C=O) groups excluding carboxylic acids is 1. The first-order valence-electron chi connectivity index (χ1n) is 5.58. The van der Waals surface area contributed by atoms with Crippen molar-refractivity contribution >= 4 is 5.91 Å². The highest BCUT2D eigenvalue weighted by Crippen LogP contribution is 2.07. The second kappa shape index (κ2) is 6.02. The van der Waals surface area contributed by atoms with Gasteiger partial charge in [0.2, 0.25) is 5.91 Å². The minimum Gasteiger partial charge on any atom is -0.340 e. The molecule has 1 atom stereocenters. The number of benzene rings is 1. The molecule has 4 nitrogen and oxygen atoms in total. The van der Waals surface area contributed by atoms with Crippen molar-refractivity contribution in [3.05, 3.63) is 35.4 Å². The van der Waals surface area contributed by atoms with Crippen LogP contribution in [0.3, 0.4) is 0 Å². The molecule has 90 valence electrons. The van der Waals surface area contributed by atoms with Crippen molar-refractivity contribution < 1.29 is 4.79 Å². The molecule has 1 aromatic carbocycles. The lowest BCUT2D eigenvalue weighted by atomic mass is 10.1. The van der Waals surface area contributed by atoms with Crippen LogP contribution < -0.4 is 5.73 Å². The summed E-state index contributed by atoms with van der Waals surface area (Å²) in [4.78, 5) is 13.4. The minimum absolute atomic E-state index is 0.0585. The number of carbonyl (C=O) groups is 1. The van der Waals surface area contributed by atoms with E-state index in [4.69, 9.17) is 11.0 Å². The lowest BCUT2D eigenvalue weighted by molar-refractivity contribution is -0.131. The molecule has 0 aliphatic carbocycles. The van der Waals surface area contributed by atoms with Crippen molar-refractivity contribution in [3.63, 3.8) is 0 Å². The Bertz CT molecular complexity index is 419. The Morgan fingerprint density at radius 1 is 1.47 bits per heavy atom. The quantitative estimate of drug-likeness (QED) is 0.847. The molecule has 0 saturated carbocycles. The van der Waals surface area contributed by atoms with Crippen molar-refractivity contribution in [2.75, 3.05) is 7.05 Å². The number of hydrogen-bond donors (Lipinski definition) is 1. The number of likely N-dealkylation sites (N-methyl/N-ethyl adjacent to an activating group) is 1. The van der Waals surface area contributed by atoms with Crippen molar-refractivity contribution in [2.45, 2.75) is 25.9 Å². The number of nitrogens with zero attached hydrogens (tertiary/aromatic N) is 2. The summed E-state index contributed by atoms with van der Waals surface area (Å²) in [5, 5.41) is 8.67. The van der Waals surface area contributed by atoms with Crippen LogP contribution in [0, 0.1) is 11.3 Å². The summed E-state index contributed by atoms with van der Waals surface area (Å²) in [5.74, 6) is -0.0585. The van der Waals surface area contributed by atoms with E-state index in [0.29, 0.717) is 18.5 Å².